The Hall–Kier alpha value is -2.13. The highest BCUT2D eigenvalue weighted by atomic mass is 19.4. The number of methoxy groups -OCH3 is 1. The third kappa shape index (κ3) is 5.21. The van der Waals surface area contributed by atoms with E-state index in [0.717, 1.165) is 64.6 Å². The van der Waals surface area contributed by atoms with Gasteiger partial charge in [-0.05, 0) is 67.7 Å². The van der Waals surface area contributed by atoms with Crippen LogP contribution in [0.3, 0.4) is 0 Å². The molecular weight excluding hydrogens is 461 g/mol. The highest BCUT2D eigenvalue weighted by Crippen LogP contribution is 2.47. The van der Waals surface area contributed by atoms with E-state index >= 15 is 0 Å². The topological polar surface area (TPSA) is 67.9 Å². The first kappa shape index (κ1) is 25.9. The molecule has 1 N–H and O–H groups in total. The summed E-state index contributed by atoms with van der Waals surface area (Å²) in [6, 6.07) is 2.57. The van der Waals surface area contributed by atoms with Crippen molar-refractivity contribution in [2.75, 3.05) is 26.9 Å². The average Bonchev–Trinajstić information content (AvgIpc) is 3.27. The Morgan fingerprint density at radius 2 is 1.89 bits per heavy atom. The van der Waals surface area contributed by atoms with E-state index in [4.69, 9.17) is 9.47 Å². The molecule has 9 heteroatoms. The van der Waals surface area contributed by atoms with Crippen molar-refractivity contribution in [3.05, 3.63) is 34.4 Å². The van der Waals surface area contributed by atoms with Crippen LogP contribution in [0.4, 0.5) is 13.2 Å². The maximum atomic E-state index is 13.9. The van der Waals surface area contributed by atoms with E-state index in [1.807, 2.05) is 0 Å². The zero-order valence-electron chi connectivity index (χ0n) is 20.7. The smallest absolute Gasteiger partial charge is 0.416 e. The molecule has 0 unspecified atom stereocenters. The van der Waals surface area contributed by atoms with Gasteiger partial charge in [0.15, 0.2) is 0 Å². The predicted molar refractivity (Wildman–Crippen MR) is 124 cm³/mol. The summed E-state index contributed by atoms with van der Waals surface area (Å²) in [5, 5.41) is 3.72. The van der Waals surface area contributed by atoms with Crippen LogP contribution < -0.4 is 5.32 Å². The van der Waals surface area contributed by atoms with Crippen LogP contribution in [-0.2, 0) is 33.4 Å². The predicted octanol–water partition coefficient (Wildman–Crippen LogP) is 4.34. The number of rotatable bonds is 5. The number of fused-ring (bicyclic) bond motifs is 1. The van der Waals surface area contributed by atoms with Crippen molar-refractivity contribution in [3.63, 3.8) is 0 Å². The number of amides is 1. The minimum atomic E-state index is -4.60. The highest BCUT2D eigenvalue weighted by molar-refractivity contribution is 5.92. The van der Waals surface area contributed by atoms with Crippen LogP contribution in [0.5, 0.6) is 0 Å². The second-order valence-electron chi connectivity index (χ2n) is 10.4. The summed E-state index contributed by atoms with van der Waals surface area (Å²) in [5.74, 6) is -0.680. The summed E-state index contributed by atoms with van der Waals surface area (Å²) in [7, 11) is 1.16. The lowest BCUT2D eigenvalue weighted by Crippen LogP contribution is -2.49. The van der Waals surface area contributed by atoms with Crippen LogP contribution in [0.25, 0.3) is 0 Å². The summed E-state index contributed by atoms with van der Waals surface area (Å²) in [6.07, 6.45) is 0.0257. The first-order chi connectivity index (χ1) is 16.5. The molecule has 1 saturated carbocycles. The molecule has 0 aromatic heterocycles. The maximum absolute atomic E-state index is 13.9. The molecule has 2 aliphatic heterocycles. The second kappa shape index (κ2) is 10.1. The standard InChI is InChI=1S/C26H35F3N2O4/c1-16(2)25(8-4-20(14-25)30-19-6-10-35-11-7-19)24(33)31-9-5-21-17(15-31)12-18(26(27,28)29)13-22(21)23(32)34-3/h12-13,16,19-20,30H,4-11,14-15H2,1-3H3/t20-,25+/m1/s1. The van der Waals surface area contributed by atoms with Crippen LogP contribution >= 0.6 is 0 Å². The van der Waals surface area contributed by atoms with Gasteiger partial charge in [-0.25, -0.2) is 4.79 Å². The molecule has 0 bridgehead atoms. The van der Waals surface area contributed by atoms with Gasteiger partial charge in [-0.1, -0.05) is 13.8 Å². The summed E-state index contributed by atoms with van der Waals surface area (Å²) in [5.41, 5.74) is -0.602. The van der Waals surface area contributed by atoms with Gasteiger partial charge in [-0.2, -0.15) is 13.2 Å². The van der Waals surface area contributed by atoms with E-state index in [1.165, 1.54) is 0 Å². The first-order valence-electron chi connectivity index (χ1n) is 12.5. The molecule has 194 valence electrons. The monoisotopic (exact) mass is 496 g/mol. The van der Waals surface area contributed by atoms with Crippen molar-refractivity contribution in [1.29, 1.82) is 0 Å². The number of nitrogens with zero attached hydrogens (tertiary/aromatic N) is 1. The number of nitrogens with one attached hydrogen (secondary N) is 1. The second-order valence-corrected chi connectivity index (χ2v) is 10.4. The van der Waals surface area contributed by atoms with E-state index in [9.17, 15) is 22.8 Å². The molecule has 2 fully saturated rings. The molecule has 2 atom stereocenters. The number of alkyl halides is 3. The van der Waals surface area contributed by atoms with Gasteiger partial charge in [-0.3, -0.25) is 4.79 Å². The molecule has 1 aromatic carbocycles. The first-order valence-corrected chi connectivity index (χ1v) is 12.5. The minimum Gasteiger partial charge on any atom is -0.465 e. The van der Waals surface area contributed by atoms with Crippen molar-refractivity contribution >= 4 is 11.9 Å². The van der Waals surface area contributed by atoms with Gasteiger partial charge in [-0.15, -0.1) is 0 Å². The molecule has 1 aromatic rings. The van der Waals surface area contributed by atoms with Gasteiger partial charge in [0.05, 0.1) is 23.7 Å². The number of carbonyl (C=O) groups is 2. The van der Waals surface area contributed by atoms with Crippen LogP contribution in [0.1, 0.15) is 73.0 Å². The lowest BCUT2D eigenvalue weighted by atomic mass is 9.73. The SMILES string of the molecule is COC(=O)c1cc(C(F)(F)F)cc2c1CCN(C(=O)[C@@]1(C(C)C)CC[C@@H](NC3CCOCC3)C1)C2. The fourth-order valence-corrected chi connectivity index (χ4v) is 6.02. The molecule has 4 rings (SSSR count). The van der Waals surface area contributed by atoms with Crippen LogP contribution in [0.2, 0.25) is 0 Å². The third-order valence-electron chi connectivity index (χ3n) is 8.13. The molecule has 3 aliphatic rings. The normalized spacial score (nSPS) is 25.6. The number of halogens is 3. The molecule has 1 aliphatic carbocycles. The summed E-state index contributed by atoms with van der Waals surface area (Å²) in [6.45, 7) is 6.05. The Balaban J connectivity index is 1.56. The fourth-order valence-electron chi connectivity index (χ4n) is 6.02. The van der Waals surface area contributed by atoms with Gasteiger partial charge in [0.2, 0.25) is 5.91 Å². The van der Waals surface area contributed by atoms with Gasteiger partial charge in [0, 0.05) is 38.4 Å². The minimum absolute atomic E-state index is 0.00598. The van der Waals surface area contributed by atoms with Crippen molar-refractivity contribution in [3.8, 4) is 0 Å². The quantitative estimate of drug-likeness (QED) is 0.615. The Kier molecular flexibility index (Phi) is 7.48. The third-order valence-corrected chi connectivity index (χ3v) is 8.13. The number of esters is 1. The zero-order chi connectivity index (χ0) is 25.4. The molecular formula is C26H35F3N2O4. The highest BCUT2D eigenvalue weighted by Gasteiger charge is 2.50. The van der Waals surface area contributed by atoms with Crippen LogP contribution in [0, 0.1) is 11.3 Å². The van der Waals surface area contributed by atoms with Gasteiger partial charge in [0.25, 0.3) is 0 Å². The molecule has 1 amide bonds. The largest absolute Gasteiger partial charge is 0.465 e. The van der Waals surface area contributed by atoms with Crippen molar-refractivity contribution in [2.24, 2.45) is 11.3 Å². The molecule has 35 heavy (non-hydrogen) atoms. The Morgan fingerprint density at radius 3 is 2.51 bits per heavy atom. The van der Waals surface area contributed by atoms with E-state index < -0.39 is 23.1 Å². The van der Waals surface area contributed by atoms with E-state index in [2.05, 4.69) is 19.2 Å². The van der Waals surface area contributed by atoms with Gasteiger partial charge in [0.1, 0.15) is 0 Å². The number of hydrogen-bond acceptors (Lipinski definition) is 5. The van der Waals surface area contributed by atoms with Crippen LogP contribution in [-0.4, -0.2) is 55.7 Å². The Labute approximate surface area is 204 Å². The van der Waals surface area contributed by atoms with E-state index in [0.29, 0.717) is 30.1 Å². The Morgan fingerprint density at radius 1 is 1.17 bits per heavy atom. The van der Waals surface area contributed by atoms with Gasteiger partial charge < -0.3 is 19.7 Å². The van der Waals surface area contributed by atoms with Crippen molar-refractivity contribution < 1.29 is 32.2 Å². The van der Waals surface area contributed by atoms with Crippen LogP contribution in [0.15, 0.2) is 12.1 Å². The average molecular weight is 497 g/mol. The molecule has 0 radical (unpaired) electrons. The van der Waals surface area contributed by atoms with Crippen molar-refractivity contribution in [2.45, 2.75) is 77.2 Å². The number of ether oxygens (including phenoxy) is 2. The maximum Gasteiger partial charge on any atom is 0.416 e. The summed E-state index contributed by atoms with van der Waals surface area (Å²) >= 11 is 0. The number of hydrogen-bond donors (Lipinski definition) is 1. The van der Waals surface area contributed by atoms with Crippen molar-refractivity contribution in [1.82, 2.24) is 10.2 Å². The molecule has 2 heterocycles. The lowest BCUT2D eigenvalue weighted by Gasteiger charge is -2.40. The zero-order valence-corrected chi connectivity index (χ0v) is 20.7. The number of benzene rings is 1. The van der Waals surface area contributed by atoms with Gasteiger partial charge >= 0.3 is 12.1 Å². The fraction of sp³-hybridized carbons (Fsp3) is 0.692. The lowest BCUT2D eigenvalue weighted by molar-refractivity contribution is -0.145. The Bertz CT molecular complexity index is 959. The summed E-state index contributed by atoms with van der Waals surface area (Å²) in [4.78, 5) is 27.9. The molecule has 1 saturated heterocycles. The van der Waals surface area contributed by atoms with E-state index in [-0.39, 0.29) is 30.0 Å². The summed E-state index contributed by atoms with van der Waals surface area (Å²) < 4.78 is 50.9. The molecule has 6 nitrogen and oxygen atoms in total. The van der Waals surface area contributed by atoms with E-state index in [1.54, 1.807) is 4.90 Å². The number of carbonyl (C=O) groups excluding carboxylic acids is 2. The molecule has 0 spiro atoms.